The molecule has 0 spiro atoms. The summed E-state index contributed by atoms with van der Waals surface area (Å²) in [6.45, 7) is 2.59. The van der Waals surface area contributed by atoms with E-state index in [9.17, 15) is 9.90 Å². The van der Waals surface area contributed by atoms with Crippen LogP contribution < -0.4 is 15.0 Å². The molecule has 3 aromatic rings. The van der Waals surface area contributed by atoms with Crippen LogP contribution >= 0.6 is 23.2 Å². The molecule has 0 bridgehead atoms. The maximum absolute atomic E-state index is 12.3. The zero-order chi connectivity index (χ0) is 27.4. The summed E-state index contributed by atoms with van der Waals surface area (Å²) in [6, 6.07) is 17.0. The number of benzene rings is 2. The number of aliphatic hydroxyl groups is 2. The molecule has 1 aliphatic carbocycles. The van der Waals surface area contributed by atoms with Crippen LogP contribution in [0.1, 0.15) is 46.6 Å². The molecule has 1 saturated carbocycles. The highest BCUT2D eigenvalue weighted by atomic mass is 35.5. The van der Waals surface area contributed by atoms with Crippen LogP contribution in [0.2, 0.25) is 10.0 Å². The van der Waals surface area contributed by atoms with Crippen molar-refractivity contribution in [3.8, 4) is 5.75 Å². The van der Waals surface area contributed by atoms with E-state index >= 15 is 0 Å². The molecule has 1 aromatic heterocycles. The van der Waals surface area contributed by atoms with Gasteiger partial charge in [0.05, 0.1) is 34.6 Å². The number of nitrogens with zero attached hydrogens (tertiary/aromatic N) is 3. The number of nitrogens with one attached hydrogen (secondary N) is 1. The Morgan fingerprint density at radius 2 is 1.90 bits per heavy atom. The van der Waals surface area contributed by atoms with E-state index in [0.29, 0.717) is 53.2 Å². The van der Waals surface area contributed by atoms with Crippen LogP contribution in [0.4, 0.5) is 5.69 Å². The lowest BCUT2D eigenvalue weighted by Gasteiger charge is -2.44. The predicted octanol–water partition coefficient (Wildman–Crippen LogP) is 4.25. The van der Waals surface area contributed by atoms with E-state index in [-0.39, 0.29) is 31.2 Å². The molecule has 5 rings (SSSR count). The Bertz CT molecular complexity index is 1270. The van der Waals surface area contributed by atoms with Crippen LogP contribution in [0.5, 0.6) is 5.75 Å². The SMILES string of the molecule is O=C(NC1CC1)c1ccc([C@H](O)CN2CCN(c3ccc(OCCO)cc3Cl)[C@H](c3ccc(Cl)cc3)C2)nc1. The first kappa shape index (κ1) is 27.7. The van der Waals surface area contributed by atoms with Crippen molar-refractivity contribution in [1.29, 1.82) is 0 Å². The van der Waals surface area contributed by atoms with Crippen molar-refractivity contribution >= 4 is 34.8 Å². The summed E-state index contributed by atoms with van der Waals surface area (Å²) in [5.74, 6) is 0.478. The lowest BCUT2D eigenvalue weighted by molar-refractivity contribution is 0.0942. The summed E-state index contributed by atoms with van der Waals surface area (Å²) in [4.78, 5) is 21.1. The van der Waals surface area contributed by atoms with E-state index in [1.165, 1.54) is 6.20 Å². The van der Waals surface area contributed by atoms with Gasteiger partial charge in [-0.3, -0.25) is 14.7 Å². The predicted molar refractivity (Wildman–Crippen MR) is 152 cm³/mol. The highest BCUT2D eigenvalue weighted by molar-refractivity contribution is 6.33. The Balaban J connectivity index is 1.30. The van der Waals surface area contributed by atoms with Crippen molar-refractivity contribution in [2.45, 2.75) is 31.0 Å². The lowest BCUT2D eigenvalue weighted by atomic mass is 10.0. The van der Waals surface area contributed by atoms with Gasteiger partial charge in [-0.25, -0.2) is 0 Å². The number of hydrogen-bond donors (Lipinski definition) is 3. The molecule has 2 fully saturated rings. The van der Waals surface area contributed by atoms with Crippen LogP contribution in [0.25, 0.3) is 0 Å². The van der Waals surface area contributed by atoms with E-state index in [0.717, 1.165) is 24.1 Å². The largest absolute Gasteiger partial charge is 0.491 e. The van der Waals surface area contributed by atoms with Crippen molar-refractivity contribution in [3.63, 3.8) is 0 Å². The quantitative estimate of drug-likeness (QED) is 0.335. The van der Waals surface area contributed by atoms with Gasteiger partial charge in [0.25, 0.3) is 5.91 Å². The Morgan fingerprint density at radius 1 is 1.10 bits per heavy atom. The minimum Gasteiger partial charge on any atom is -0.491 e. The van der Waals surface area contributed by atoms with Gasteiger partial charge in [-0.05, 0) is 54.8 Å². The molecule has 39 heavy (non-hydrogen) atoms. The maximum atomic E-state index is 12.3. The number of amides is 1. The molecule has 2 aliphatic rings. The first-order chi connectivity index (χ1) is 18.9. The second-order valence-corrected chi connectivity index (χ2v) is 10.8. The molecule has 2 heterocycles. The van der Waals surface area contributed by atoms with E-state index in [1.807, 2.05) is 36.4 Å². The summed E-state index contributed by atoms with van der Waals surface area (Å²) in [5, 5.41) is 24.2. The monoisotopic (exact) mass is 570 g/mol. The number of pyridine rings is 1. The maximum Gasteiger partial charge on any atom is 0.253 e. The minimum atomic E-state index is -0.797. The summed E-state index contributed by atoms with van der Waals surface area (Å²) in [5.41, 5.74) is 3.00. The number of β-amino-alcohol motifs (C(OH)–C–C–N with tert-alkyl or cyclic N) is 1. The summed E-state index contributed by atoms with van der Waals surface area (Å²) in [6.07, 6.45) is 2.78. The van der Waals surface area contributed by atoms with Crippen molar-refractivity contribution < 1.29 is 19.7 Å². The molecular weight excluding hydrogens is 539 g/mol. The Kier molecular flexibility index (Phi) is 8.89. The van der Waals surface area contributed by atoms with Gasteiger partial charge >= 0.3 is 0 Å². The number of anilines is 1. The Morgan fingerprint density at radius 3 is 2.56 bits per heavy atom. The number of aromatic nitrogens is 1. The second-order valence-electron chi connectivity index (χ2n) is 9.94. The second kappa shape index (κ2) is 12.5. The highest BCUT2D eigenvalue weighted by Crippen LogP contribution is 2.37. The van der Waals surface area contributed by atoms with Gasteiger partial charge < -0.3 is 25.2 Å². The Labute approximate surface area is 238 Å². The smallest absolute Gasteiger partial charge is 0.253 e. The van der Waals surface area contributed by atoms with Crippen LogP contribution in [0.3, 0.4) is 0 Å². The van der Waals surface area contributed by atoms with Crippen LogP contribution in [-0.2, 0) is 0 Å². The van der Waals surface area contributed by atoms with E-state index in [4.69, 9.17) is 33.0 Å². The molecular formula is C29H32Cl2N4O4. The number of ether oxygens (including phenoxy) is 1. The van der Waals surface area contributed by atoms with Gasteiger partial charge in [0, 0.05) is 49.5 Å². The number of piperazine rings is 1. The third-order valence-corrected chi connectivity index (χ3v) is 7.60. The molecule has 1 amide bonds. The van der Waals surface area contributed by atoms with Crippen molar-refractivity contribution in [2.75, 3.05) is 44.3 Å². The highest BCUT2D eigenvalue weighted by Gasteiger charge is 2.31. The van der Waals surface area contributed by atoms with Crippen molar-refractivity contribution in [1.82, 2.24) is 15.2 Å². The lowest BCUT2D eigenvalue weighted by Crippen LogP contribution is -2.49. The van der Waals surface area contributed by atoms with E-state index < -0.39 is 6.10 Å². The first-order valence-corrected chi connectivity index (χ1v) is 13.9. The van der Waals surface area contributed by atoms with Gasteiger partial charge in [0.2, 0.25) is 0 Å². The van der Waals surface area contributed by atoms with E-state index in [2.05, 4.69) is 20.1 Å². The fourth-order valence-electron chi connectivity index (χ4n) is 4.81. The minimum absolute atomic E-state index is 0.0358. The summed E-state index contributed by atoms with van der Waals surface area (Å²) in [7, 11) is 0. The molecule has 3 N–H and O–H groups in total. The topological polar surface area (TPSA) is 98.2 Å². The molecule has 1 saturated heterocycles. The molecule has 2 atom stereocenters. The molecule has 0 unspecified atom stereocenters. The third kappa shape index (κ3) is 7.01. The number of carbonyl (C=O) groups is 1. The molecule has 10 heteroatoms. The van der Waals surface area contributed by atoms with Gasteiger partial charge in [-0.2, -0.15) is 0 Å². The Hall–Kier alpha value is -2.88. The average Bonchev–Trinajstić information content (AvgIpc) is 3.76. The van der Waals surface area contributed by atoms with Crippen LogP contribution in [-0.4, -0.2) is 71.4 Å². The van der Waals surface area contributed by atoms with Gasteiger partial charge in [0.1, 0.15) is 18.5 Å². The summed E-state index contributed by atoms with van der Waals surface area (Å²) < 4.78 is 5.51. The zero-order valence-electron chi connectivity index (χ0n) is 21.5. The number of hydrogen-bond acceptors (Lipinski definition) is 7. The van der Waals surface area contributed by atoms with Crippen LogP contribution in [0.15, 0.2) is 60.8 Å². The fourth-order valence-corrected chi connectivity index (χ4v) is 5.21. The molecule has 2 aromatic carbocycles. The summed E-state index contributed by atoms with van der Waals surface area (Å²) >= 11 is 12.9. The van der Waals surface area contributed by atoms with Crippen molar-refractivity contribution in [2.24, 2.45) is 0 Å². The molecule has 1 aliphatic heterocycles. The first-order valence-electron chi connectivity index (χ1n) is 13.1. The zero-order valence-corrected chi connectivity index (χ0v) is 23.0. The van der Waals surface area contributed by atoms with Gasteiger partial charge in [0.15, 0.2) is 0 Å². The van der Waals surface area contributed by atoms with Gasteiger partial charge in [-0.15, -0.1) is 0 Å². The standard InChI is InChI=1S/C29H32Cl2N4O4/c30-21-4-1-19(2-5-21)27-17-34(11-12-35(27)26-10-8-23(15-24(26)31)39-14-13-36)18-28(37)25-9-3-20(16-32-25)29(38)33-22-6-7-22/h1-5,8-10,15-16,22,27-28,36-37H,6-7,11-14,17-18H2,(H,33,38)/t27-,28+/m0/s1. The number of carbonyl (C=O) groups excluding carboxylic acids is 1. The normalized spacial score (nSPS) is 18.6. The van der Waals surface area contributed by atoms with Gasteiger partial charge in [-0.1, -0.05) is 35.3 Å². The molecule has 206 valence electrons. The van der Waals surface area contributed by atoms with Crippen molar-refractivity contribution in [3.05, 3.63) is 87.7 Å². The molecule has 0 radical (unpaired) electrons. The third-order valence-electron chi connectivity index (χ3n) is 7.04. The fraction of sp³-hybridized carbons (Fsp3) is 0.379. The number of rotatable bonds is 10. The van der Waals surface area contributed by atoms with E-state index in [1.54, 1.807) is 18.2 Å². The van der Waals surface area contributed by atoms with Crippen LogP contribution in [0, 0.1) is 0 Å². The average molecular weight is 572 g/mol. The number of aliphatic hydroxyl groups excluding tert-OH is 2. The molecule has 8 nitrogen and oxygen atoms in total. The number of halogens is 2.